The first-order valence-electron chi connectivity index (χ1n) is 9.61. The summed E-state index contributed by atoms with van der Waals surface area (Å²) in [4.78, 5) is 0.154. The number of sulfonamides is 1. The average Bonchev–Trinajstić information content (AvgIpc) is 2.82. The minimum Gasteiger partial charge on any atom is -0.496 e. The van der Waals surface area contributed by atoms with Gasteiger partial charge in [0.15, 0.2) is 11.5 Å². The highest BCUT2D eigenvalue weighted by Crippen LogP contribution is 2.41. The molecule has 2 aromatic rings. The van der Waals surface area contributed by atoms with E-state index in [2.05, 4.69) is 0 Å². The van der Waals surface area contributed by atoms with Crippen LogP contribution >= 0.6 is 0 Å². The van der Waals surface area contributed by atoms with Gasteiger partial charge in [0.1, 0.15) is 17.2 Å². The smallest absolute Gasteiger partial charge is 0.243 e. The van der Waals surface area contributed by atoms with Crippen LogP contribution in [-0.2, 0) is 10.0 Å². The van der Waals surface area contributed by atoms with Gasteiger partial charge >= 0.3 is 0 Å². The fraction of sp³-hybridized carbons (Fsp3) is 0.364. The van der Waals surface area contributed by atoms with Crippen LogP contribution in [0.3, 0.4) is 0 Å². The predicted octanol–water partition coefficient (Wildman–Crippen LogP) is 3.21. The van der Waals surface area contributed by atoms with E-state index in [4.69, 9.17) is 23.7 Å². The van der Waals surface area contributed by atoms with E-state index in [1.807, 2.05) is 6.08 Å². The van der Waals surface area contributed by atoms with Crippen molar-refractivity contribution < 1.29 is 32.1 Å². The minimum absolute atomic E-state index is 0.154. The zero-order valence-electron chi connectivity index (χ0n) is 18.3. The van der Waals surface area contributed by atoms with Gasteiger partial charge in [0, 0.05) is 31.3 Å². The zero-order chi connectivity index (χ0) is 22.6. The highest BCUT2D eigenvalue weighted by atomic mass is 32.2. The topological polar surface area (TPSA) is 83.5 Å². The monoisotopic (exact) mass is 449 g/mol. The first-order valence-corrected chi connectivity index (χ1v) is 11.0. The molecule has 0 aliphatic carbocycles. The molecule has 0 bridgehead atoms. The Morgan fingerprint density at radius 1 is 0.774 bits per heavy atom. The fourth-order valence-corrected chi connectivity index (χ4v) is 4.94. The summed E-state index contributed by atoms with van der Waals surface area (Å²) in [7, 11) is 4.01. The molecule has 9 heteroatoms. The zero-order valence-corrected chi connectivity index (χ0v) is 19.1. The summed E-state index contributed by atoms with van der Waals surface area (Å²) in [6.45, 7) is 0.547. The van der Waals surface area contributed by atoms with Crippen molar-refractivity contribution >= 4 is 15.6 Å². The molecule has 0 aromatic heterocycles. The van der Waals surface area contributed by atoms with Gasteiger partial charge in [-0.05, 0) is 24.1 Å². The molecule has 0 fully saturated rings. The summed E-state index contributed by atoms with van der Waals surface area (Å²) in [6, 6.07) is 8.15. The normalized spacial score (nSPS) is 14.5. The Morgan fingerprint density at radius 3 is 1.87 bits per heavy atom. The van der Waals surface area contributed by atoms with Crippen molar-refractivity contribution in [3.8, 4) is 28.7 Å². The molecule has 1 heterocycles. The molecule has 168 valence electrons. The summed E-state index contributed by atoms with van der Waals surface area (Å²) >= 11 is 0. The fourth-order valence-electron chi connectivity index (χ4n) is 3.54. The van der Waals surface area contributed by atoms with Crippen LogP contribution in [0.1, 0.15) is 12.0 Å². The summed E-state index contributed by atoms with van der Waals surface area (Å²) < 4.78 is 54.6. The van der Waals surface area contributed by atoms with Gasteiger partial charge in [-0.3, -0.25) is 0 Å². The maximum atomic E-state index is 13.2. The molecular formula is C22H27NO7S. The molecule has 31 heavy (non-hydrogen) atoms. The quantitative estimate of drug-likeness (QED) is 0.612. The number of nitrogens with zero attached hydrogens (tertiary/aromatic N) is 1. The van der Waals surface area contributed by atoms with Crippen LogP contribution in [0.15, 0.2) is 41.3 Å². The molecule has 8 nitrogen and oxygen atoms in total. The standard InChI is InChI=1S/C22H27NO7S/c1-26-16-12-20(29-4)22(21(13-16)30-5)15-8-10-23(11-9-15)31(24,25)17-6-7-18(27-2)19(14-17)28-3/h6-8,12-14H,9-11H2,1-5H3. The molecule has 0 unspecified atom stereocenters. The third-order valence-corrected chi connectivity index (χ3v) is 7.06. The SMILES string of the molecule is COc1cc(OC)c(C2=CCN(S(=O)(=O)c3ccc(OC)c(OC)c3)CC2)c(OC)c1. The molecule has 3 rings (SSSR count). The summed E-state index contributed by atoms with van der Waals surface area (Å²) in [5.74, 6) is 2.68. The Balaban J connectivity index is 1.91. The molecule has 1 aliphatic rings. The van der Waals surface area contributed by atoms with E-state index < -0.39 is 10.0 Å². The van der Waals surface area contributed by atoms with Crippen molar-refractivity contribution in [2.75, 3.05) is 48.6 Å². The van der Waals surface area contributed by atoms with Gasteiger partial charge in [-0.25, -0.2) is 8.42 Å². The van der Waals surface area contributed by atoms with Gasteiger partial charge in [-0.2, -0.15) is 4.31 Å². The third kappa shape index (κ3) is 4.42. The molecule has 0 atom stereocenters. The minimum atomic E-state index is -3.70. The van der Waals surface area contributed by atoms with Crippen molar-refractivity contribution in [2.24, 2.45) is 0 Å². The largest absolute Gasteiger partial charge is 0.496 e. The molecule has 1 aliphatic heterocycles. The number of benzene rings is 2. The Labute approximate surface area is 183 Å². The Hall–Kier alpha value is -2.91. The number of hydrogen-bond donors (Lipinski definition) is 0. The molecule has 0 radical (unpaired) electrons. The van der Waals surface area contributed by atoms with Gasteiger partial charge in [0.05, 0.1) is 46.0 Å². The van der Waals surface area contributed by atoms with Crippen molar-refractivity contribution in [1.82, 2.24) is 4.31 Å². The Bertz CT molecular complexity index is 1050. The molecule has 0 saturated heterocycles. The highest BCUT2D eigenvalue weighted by molar-refractivity contribution is 7.89. The molecular weight excluding hydrogens is 422 g/mol. The van der Waals surface area contributed by atoms with Crippen molar-refractivity contribution in [3.05, 3.63) is 42.0 Å². The van der Waals surface area contributed by atoms with E-state index in [0.29, 0.717) is 41.7 Å². The lowest BCUT2D eigenvalue weighted by Crippen LogP contribution is -2.34. The number of methoxy groups -OCH3 is 5. The second-order valence-corrected chi connectivity index (χ2v) is 8.70. The average molecular weight is 450 g/mol. The van der Waals surface area contributed by atoms with Crippen LogP contribution in [0.25, 0.3) is 5.57 Å². The van der Waals surface area contributed by atoms with E-state index in [9.17, 15) is 8.42 Å². The maximum absolute atomic E-state index is 13.2. The van der Waals surface area contributed by atoms with E-state index in [-0.39, 0.29) is 11.4 Å². The first-order chi connectivity index (χ1) is 14.9. The van der Waals surface area contributed by atoms with E-state index in [1.54, 1.807) is 39.5 Å². The van der Waals surface area contributed by atoms with Gasteiger partial charge in [-0.1, -0.05) is 6.08 Å². The van der Waals surface area contributed by atoms with Crippen LogP contribution in [0.5, 0.6) is 28.7 Å². The van der Waals surface area contributed by atoms with Crippen molar-refractivity contribution in [3.63, 3.8) is 0 Å². The summed E-state index contributed by atoms with van der Waals surface area (Å²) in [6.07, 6.45) is 2.39. The molecule has 0 amide bonds. The highest BCUT2D eigenvalue weighted by Gasteiger charge is 2.29. The molecule has 0 saturated carbocycles. The lowest BCUT2D eigenvalue weighted by Gasteiger charge is -2.27. The lowest BCUT2D eigenvalue weighted by molar-refractivity contribution is 0.353. The second kappa shape index (κ2) is 9.49. The van der Waals surface area contributed by atoms with Crippen LogP contribution in [0.4, 0.5) is 0 Å². The predicted molar refractivity (Wildman–Crippen MR) is 117 cm³/mol. The van der Waals surface area contributed by atoms with Gasteiger partial charge in [0.25, 0.3) is 0 Å². The molecule has 2 aromatic carbocycles. The van der Waals surface area contributed by atoms with Crippen molar-refractivity contribution in [1.29, 1.82) is 0 Å². The lowest BCUT2D eigenvalue weighted by atomic mass is 9.98. The summed E-state index contributed by atoms with van der Waals surface area (Å²) in [5.41, 5.74) is 1.75. The number of rotatable bonds is 8. The van der Waals surface area contributed by atoms with Crippen LogP contribution in [0.2, 0.25) is 0 Å². The second-order valence-electron chi connectivity index (χ2n) is 6.77. The third-order valence-electron chi connectivity index (χ3n) is 5.20. The van der Waals surface area contributed by atoms with E-state index >= 15 is 0 Å². The van der Waals surface area contributed by atoms with Crippen LogP contribution in [-0.4, -0.2) is 61.4 Å². The maximum Gasteiger partial charge on any atom is 0.243 e. The Morgan fingerprint density at radius 2 is 1.39 bits per heavy atom. The van der Waals surface area contributed by atoms with Crippen molar-refractivity contribution in [2.45, 2.75) is 11.3 Å². The Kier molecular flexibility index (Phi) is 6.97. The van der Waals surface area contributed by atoms with Crippen LogP contribution < -0.4 is 23.7 Å². The molecule has 0 spiro atoms. The van der Waals surface area contributed by atoms with Gasteiger partial charge in [0.2, 0.25) is 10.0 Å². The van der Waals surface area contributed by atoms with Gasteiger partial charge < -0.3 is 23.7 Å². The van der Waals surface area contributed by atoms with Crippen LogP contribution in [0, 0.1) is 0 Å². The summed E-state index contributed by atoms with van der Waals surface area (Å²) in [5, 5.41) is 0. The van der Waals surface area contributed by atoms with E-state index in [0.717, 1.165) is 11.1 Å². The number of hydrogen-bond acceptors (Lipinski definition) is 7. The molecule has 0 N–H and O–H groups in total. The van der Waals surface area contributed by atoms with Gasteiger partial charge in [-0.15, -0.1) is 0 Å². The number of ether oxygens (including phenoxy) is 5. The first kappa shape index (κ1) is 22.8. The van der Waals surface area contributed by atoms with E-state index in [1.165, 1.54) is 30.7 Å².